The highest BCUT2D eigenvalue weighted by Crippen LogP contribution is 2.65. The summed E-state index contributed by atoms with van der Waals surface area (Å²) in [5.41, 5.74) is 0.452. The zero-order chi connectivity index (χ0) is 14.8. The van der Waals surface area contributed by atoms with E-state index < -0.39 is 0 Å². The molecule has 4 aliphatic carbocycles. The molecule has 118 valence electrons. The van der Waals surface area contributed by atoms with Gasteiger partial charge >= 0.3 is 0 Å². The molecule has 1 N–H and O–H groups in total. The third-order valence-electron chi connectivity index (χ3n) is 8.35. The summed E-state index contributed by atoms with van der Waals surface area (Å²) in [6.45, 7) is 4.78. The van der Waals surface area contributed by atoms with Crippen molar-refractivity contribution < 1.29 is 9.90 Å². The van der Waals surface area contributed by atoms with E-state index in [-0.39, 0.29) is 11.5 Å². The molecule has 7 atom stereocenters. The smallest absolute Gasteiger partial charge is 0.139 e. The van der Waals surface area contributed by atoms with Crippen LogP contribution in [0, 0.1) is 34.5 Å². The van der Waals surface area contributed by atoms with E-state index in [1.807, 2.05) is 0 Å². The maximum absolute atomic E-state index is 12.4. The van der Waals surface area contributed by atoms with E-state index in [4.69, 9.17) is 0 Å². The molecule has 4 rings (SSSR count). The van der Waals surface area contributed by atoms with Gasteiger partial charge in [0, 0.05) is 11.8 Å². The Balaban J connectivity index is 1.64. The van der Waals surface area contributed by atoms with Crippen LogP contribution < -0.4 is 0 Å². The van der Waals surface area contributed by atoms with Crippen molar-refractivity contribution in [3.8, 4) is 0 Å². The van der Waals surface area contributed by atoms with Crippen LogP contribution in [0.25, 0.3) is 0 Å². The molecule has 21 heavy (non-hydrogen) atoms. The Labute approximate surface area is 128 Å². The zero-order valence-electron chi connectivity index (χ0n) is 13.6. The molecule has 4 fully saturated rings. The minimum atomic E-state index is -0.0541. The summed E-state index contributed by atoms with van der Waals surface area (Å²) < 4.78 is 0. The standard InChI is InChI=1S/C19H30O2/c1-18-9-7-13(20)11-12(18)3-4-14-15-5-6-17(21)19(15,2)10-8-16(14)18/h12-16,20H,3-11H2,1-2H3/t12-,13-,14+,15+,16?,18+,19+/m1/s1. The summed E-state index contributed by atoms with van der Waals surface area (Å²) in [6.07, 6.45) is 10.1. The summed E-state index contributed by atoms with van der Waals surface area (Å²) in [5.74, 6) is 3.54. The molecule has 1 unspecified atom stereocenters. The lowest BCUT2D eigenvalue weighted by Gasteiger charge is -2.60. The van der Waals surface area contributed by atoms with E-state index in [1.54, 1.807) is 0 Å². The Morgan fingerprint density at radius 1 is 1.00 bits per heavy atom. The van der Waals surface area contributed by atoms with E-state index >= 15 is 0 Å². The normalized spacial score (nSPS) is 56.5. The molecule has 0 amide bonds. The van der Waals surface area contributed by atoms with E-state index in [1.165, 1.54) is 25.7 Å². The van der Waals surface area contributed by atoms with Crippen molar-refractivity contribution in [1.29, 1.82) is 0 Å². The highest BCUT2D eigenvalue weighted by molar-refractivity contribution is 5.87. The lowest BCUT2D eigenvalue weighted by molar-refractivity contribution is -0.142. The van der Waals surface area contributed by atoms with Crippen LogP contribution in [0.1, 0.15) is 71.6 Å². The minimum Gasteiger partial charge on any atom is -0.393 e. The average molecular weight is 290 g/mol. The molecule has 2 nitrogen and oxygen atoms in total. The summed E-state index contributed by atoms with van der Waals surface area (Å²) in [5, 5.41) is 10.0. The second-order valence-corrected chi connectivity index (χ2v) is 9.00. The predicted octanol–water partition coefficient (Wildman–Crippen LogP) is 3.96. The first-order chi connectivity index (χ1) is 9.95. The van der Waals surface area contributed by atoms with E-state index in [0.717, 1.165) is 49.9 Å². The molecule has 4 saturated carbocycles. The fourth-order valence-corrected chi connectivity index (χ4v) is 7.01. The van der Waals surface area contributed by atoms with Crippen LogP contribution in [-0.2, 0) is 4.79 Å². The monoisotopic (exact) mass is 290 g/mol. The molecule has 0 aromatic rings. The van der Waals surface area contributed by atoms with E-state index in [0.29, 0.717) is 17.1 Å². The number of rotatable bonds is 0. The van der Waals surface area contributed by atoms with Crippen molar-refractivity contribution in [2.24, 2.45) is 34.5 Å². The van der Waals surface area contributed by atoms with Gasteiger partial charge in [0.05, 0.1) is 6.10 Å². The van der Waals surface area contributed by atoms with E-state index in [9.17, 15) is 9.90 Å². The van der Waals surface area contributed by atoms with Crippen molar-refractivity contribution in [3.63, 3.8) is 0 Å². The molecular weight excluding hydrogens is 260 g/mol. The lowest BCUT2D eigenvalue weighted by Crippen LogP contribution is -2.54. The van der Waals surface area contributed by atoms with Crippen molar-refractivity contribution in [2.75, 3.05) is 0 Å². The van der Waals surface area contributed by atoms with Gasteiger partial charge in [-0.25, -0.2) is 0 Å². The summed E-state index contributed by atoms with van der Waals surface area (Å²) in [7, 11) is 0. The topological polar surface area (TPSA) is 37.3 Å². The molecule has 0 aliphatic heterocycles. The number of aliphatic hydroxyl groups excluding tert-OH is 1. The van der Waals surface area contributed by atoms with Crippen LogP contribution in [0.4, 0.5) is 0 Å². The lowest BCUT2D eigenvalue weighted by atomic mass is 9.45. The molecule has 0 spiro atoms. The molecule has 0 radical (unpaired) electrons. The SMILES string of the molecule is C[C@]12CCC3[C@@H](CC[C@@H]4C[C@H](O)CC[C@]34C)[C@@H]1CCC2=O. The van der Waals surface area contributed by atoms with Gasteiger partial charge in [0.25, 0.3) is 0 Å². The number of carbonyl (C=O) groups is 1. The van der Waals surface area contributed by atoms with E-state index in [2.05, 4.69) is 13.8 Å². The third-order valence-corrected chi connectivity index (χ3v) is 8.35. The number of hydrogen-bond acceptors (Lipinski definition) is 2. The van der Waals surface area contributed by atoms with Crippen molar-refractivity contribution >= 4 is 5.78 Å². The first-order valence-electron chi connectivity index (χ1n) is 9.16. The molecule has 0 aromatic heterocycles. The number of hydrogen-bond donors (Lipinski definition) is 1. The molecule has 0 aromatic carbocycles. The number of ketones is 1. The molecule has 0 heterocycles. The highest BCUT2D eigenvalue weighted by Gasteiger charge is 2.60. The summed E-state index contributed by atoms with van der Waals surface area (Å²) >= 11 is 0. The maximum atomic E-state index is 12.4. The summed E-state index contributed by atoms with van der Waals surface area (Å²) in [4.78, 5) is 12.4. The van der Waals surface area contributed by atoms with Gasteiger partial charge in [-0.2, -0.15) is 0 Å². The second kappa shape index (κ2) is 4.57. The Bertz CT molecular complexity index is 458. The van der Waals surface area contributed by atoms with Gasteiger partial charge in [0.1, 0.15) is 5.78 Å². The van der Waals surface area contributed by atoms with Gasteiger partial charge in [-0.05, 0) is 80.5 Å². The van der Waals surface area contributed by atoms with Gasteiger partial charge in [-0.15, -0.1) is 0 Å². The van der Waals surface area contributed by atoms with Crippen LogP contribution in [0.2, 0.25) is 0 Å². The second-order valence-electron chi connectivity index (χ2n) is 9.00. The van der Waals surface area contributed by atoms with Gasteiger partial charge < -0.3 is 5.11 Å². The minimum absolute atomic E-state index is 0.0124. The Hall–Kier alpha value is -0.370. The largest absolute Gasteiger partial charge is 0.393 e. The predicted molar refractivity (Wildman–Crippen MR) is 82.7 cm³/mol. The maximum Gasteiger partial charge on any atom is 0.139 e. The fourth-order valence-electron chi connectivity index (χ4n) is 7.01. The third kappa shape index (κ3) is 1.84. The highest BCUT2D eigenvalue weighted by atomic mass is 16.3. The van der Waals surface area contributed by atoms with Crippen LogP contribution >= 0.6 is 0 Å². The number of carbonyl (C=O) groups excluding carboxylic acids is 1. The zero-order valence-corrected chi connectivity index (χ0v) is 13.6. The summed E-state index contributed by atoms with van der Waals surface area (Å²) in [6, 6.07) is 0. The molecule has 0 saturated heterocycles. The van der Waals surface area contributed by atoms with Crippen molar-refractivity contribution in [2.45, 2.75) is 77.7 Å². The molecule has 4 aliphatic rings. The number of Topliss-reactive ketones (excluding diaryl/α,β-unsaturated/α-hetero) is 1. The van der Waals surface area contributed by atoms with Crippen LogP contribution in [0.5, 0.6) is 0 Å². The van der Waals surface area contributed by atoms with Crippen LogP contribution in [0.3, 0.4) is 0 Å². The molecule has 2 heteroatoms. The Morgan fingerprint density at radius 3 is 2.62 bits per heavy atom. The van der Waals surface area contributed by atoms with Gasteiger partial charge in [0.15, 0.2) is 0 Å². The van der Waals surface area contributed by atoms with Gasteiger partial charge in [-0.3, -0.25) is 4.79 Å². The first-order valence-corrected chi connectivity index (χ1v) is 9.16. The first kappa shape index (κ1) is 14.2. The van der Waals surface area contributed by atoms with Gasteiger partial charge in [-0.1, -0.05) is 13.8 Å². The average Bonchev–Trinajstić information content (AvgIpc) is 2.76. The van der Waals surface area contributed by atoms with Crippen LogP contribution in [-0.4, -0.2) is 17.0 Å². The molecule has 0 bridgehead atoms. The van der Waals surface area contributed by atoms with Crippen LogP contribution in [0.15, 0.2) is 0 Å². The van der Waals surface area contributed by atoms with Gasteiger partial charge in [0.2, 0.25) is 0 Å². The van der Waals surface area contributed by atoms with Crippen molar-refractivity contribution in [1.82, 2.24) is 0 Å². The Morgan fingerprint density at radius 2 is 1.81 bits per heavy atom. The molecular formula is C19H30O2. The fraction of sp³-hybridized carbons (Fsp3) is 0.947. The van der Waals surface area contributed by atoms with Crippen molar-refractivity contribution in [3.05, 3.63) is 0 Å². The number of fused-ring (bicyclic) bond motifs is 5. The quantitative estimate of drug-likeness (QED) is 0.733. The Kier molecular flexibility index (Phi) is 3.10. The number of aliphatic hydroxyl groups is 1.